The van der Waals surface area contributed by atoms with Crippen LogP contribution in [0.25, 0.3) is 0 Å². The van der Waals surface area contributed by atoms with Crippen LogP contribution in [0.2, 0.25) is 15.1 Å². The summed E-state index contributed by atoms with van der Waals surface area (Å²) in [6.45, 7) is 0.820. The molecule has 236 valence electrons. The Labute approximate surface area is 258 Å². The number of ketones is 1. The Hall–Kier alpha value is -3.16. The lowest BCUT2D eigenvalue weighted by molar-refractivity contribution is -0.162. The number of hydrogen-bond acceptors (Lipinski definition) is 5. The van der Waals surface area contributed by atoms with E-state index in [1.54, 1.807) is 12.1 Å². The van der Waals surface area contributed by atoms with Crippen LogP contribution in [0.3, 0.4) is 0 Å². The minimum atomic E-state index is -4.77. The van der Waals surface area contributed by atoms with Crippen molar-refractivity contribution in [1.82, 2.24) is 16.0 Å². The second-order valence-corrected chi connectivity index (χ2v) is 10.9. The molecular weight excluding hydrogens is 648 g/mol. The average molecular weight is 675 g/mol. The largest absolute Gasteiger partial charge is 0.484 e. The molecule has 16 heteroatoms. The Bertz CT molecular complexity index is 1290. The number of benzene rings is 2. The first-order chi connectivity index (χ1) is 19.9. The highest BCUT2D eigenvalue weighted by molar-refractivity contribution is 6.34. The van der Waals surface area contributed by atoms with E-state index in [0.717, 1.165) is 0 Å². The molecule has 0 saturated heterocycles. The topological polar surface area (TPSA) is 114 Å². The number of nitrogens with one attached hydrogen (secondary N) is 3. The molecule has 0 aliphatic carbocycles. The molecular formula is C27H27Cl3F5N3O5. The molecule has 0 radical (unpaired) electrons. The Morgan fingerprint density at radius 1 is 0.860 bits per heavy atom. The van der Waals surface area contributed by atoms with Gasteiger partial charge in [-0.1, -0.05) is 60.8 Å². The van der Waals surface area contributed by atoms with Crippen molar-refractivity contribution in [2.45, 2.75) is 50.9 Å². The van der Waals surface area contributed by atoms with Crippen molar-refractivity contribution in [3.63, 3.8) is 0 Å². The molecule has 0 aromatic heterocycles. The summed E-state index contributed by atoms with van der Waals surface area (Å²) in [7, 11) is 0. The van der Waals surface area contributed by atoms with Gasteiger partial charge in [0, 0.05) is 28.0 Å². The van der Waals surface area contributed by atoms with Gasteiger partial charge in [0.1, 0.15) is 11.8 Å². The number of Topliss-reactive ketones (excluding diaryl/α,β-unsaturated/α-hetero) is 1. The molecule has 0 aliphatic rings. The molecule has 2 aromatic rings. The summed E-state index contributed by atoms with van der Waals surface area (Å²) in [6.07, 6.45) is -6.49. The fourth-order valence-electron chi connectivity index (χ4n) is 3.59. The lowest BCUT2D eigenvalue weighted by Crippen LogP contribution is -2.59. The van der Waals surface area contributed by atoms with E-state index in [-0.39, 0.29) is 22.2 Å². The second-order valence-electron chi connectivity index (χ2n) is 9.63. The van der Waals surface area contributed by atoms with E-state index < -0.39 is 73.2 Å². The summed E-state index contributed by atoms with van der Waals surface area (Å²) >= 11 is 17.7. The Kier molecular flexibility index (Phi) is 13.0. The van der Waals surface area contributed by atoms with Crippen molar-refractivity contribution in [3.8, 4) is 5.75 Å². The zero-order valence-corrected chi connectivity index (χ0v) is 24.9. The first-order valence-electron chi connectivity index (χ1n) is 12.6. The van der Waals surface area contributed by atoms with Crippen LogP contribution in [0.4, 0.5) is 22.0 Å². The zero-order chi connectivity index (χ0) is 32.5. The number of carbonyl (C=O) groups excluding carboxylic acids is 4. The zero-order valence-electron chi connectivity index (χ0n) is 22.7. The van der Waals surface area contributed by atoms with Crippen LogP contribution >= 0.6 is 34.8 Å². The van der Waals surface area contributed by atoms with Crippen molar-refractivity contribution < 1.29 is 45.9 Å². The second kappa shape index (κ2) is 15.5. The highest BCUT2D eigenvalue weighted by atomic mass is 35.5. The normalized spacial score (nSPS) is 13.2. The molecule has 0 bridgehead atoms. The maximum Gasteiger partial charge on any atom is 0.390 e. The molecule has 0 fully saturated rings. The van der Waals surface area contributed by atoms with Crippen molar-refractivity contribution in [2.75, 3.05) is 13.2 Å². The molecule has 3 amide bonds. The highest BCUT2D eigenvalue weighted by Gasteiger charge is 2.51. The van der Waals surface area contributed by atoms with Gasteiger partial charge < -0.3 is 20.7 Å². The van der Waals surface area contributed by atoms with Crippen LogP contribution in [0.5, 0.6) is 5.75 Å². The summed E-state index contributed by atoms with van der Waals surface area (Å²) < 4.78 is 71.8. The minimum absolute atomic E-state index is 0.146. The number of ether oxygens (including phenoxy) is 1. The van der Waals surface area contributed by atoms with Gasteiger partial charge in [0.15, 0.2) is 6.61 Å². The molecule has 2 aromatic carbocycles. The van der Waals surface area contributed by atoms with Crippen molar-refractivity contribution >= 4 is 58.3 Å². The van der Waals surface area contributed by atoms with E-state index in [0.29, 0.717) is 10.6 Å². The molecule has 0 aliphatic heterocycles. The average Bonchev–Trinajstić information content (AvgIpc) is 2.89. The predicted octanol–water partition coefficient (Wildman–Crippen LogP) is 5.17. The third kappa shape index (κ3) is 11.8. The maximum absolute atomic E-state index is 14.7. The van der Waals surface area contributed by atoms with Gasteiger partial charge in [-0.05, 0) is 41.8 Å². The standard InChI is InChI=1S/C27H27Cl3F5N3O5/c1-14(2)22(23(40)27(34,35)25(42)36-8-7-26(31,32)33)38-24(41)20(9-15-3-5-16(28)6-4-15)37-21(39)13-43-19-11-17(29)10-18(30)12-19/h3-6,10-12,14,20,22H,7-9,13H2,1-2H3,(H,36,42)(H,37,39)(H,38,41). The fourth-order valence-corrected chi connectivity index (χ4v) is 4.22. The summed E-state index contributed by atoms with van der Waals surface area (Å²) in [4.78, 5) is 50.6. The van der Waals surface area contributed by atoms with E-state index in [4.69, 9.17) is 39.5 Å². The van der Waals surface area contributed by atoms with Crippen molar-refractivity contribution in [2.24, 2.45) is 5.92 Å². The lowest BCUT2D eigenvalue weighted by atomic mass is 9.94. The number of hydrogen-bond donors (Lipinski definition) is 3. The number of amides is 3. The minimum Gasteiger partial charge on any atom is -0.484 e. The Morgan fingerprint density at radius 2 is 1.44 bits per heavy atom. The summed E-state index contributed by atoms with van der Waals surface area (Å²) in [5.74, 6) is -11.8. The predicted molar refractivity (Wildman–Crippen MR) is 149 cm³/mol. The van der Waals surface area contributed by atoms with E-state index in [1.807, 2.05) is 0 Å². The van der Waals surface area contributed by atoms with Crippen LogP contribution < -0.4 is 20.7 Å². The number of rotatable bonds is 14. The van der Waals surface area contributed by atoms with Gasteiger partial charge in [-0.15, -0.1) is 0 Å². The molecule has 43 heavy (non-hydrogen) atoms. The van der Waals surface area contributed by atoms with Gasteiger partial charge in [0.25, 0.3) is 11.8 Å². The molecule has 0 spiro atoms. The third-order valence-electron chi connectivity index (χ3n) is 5.75. The van der Waals surface area contributed by atoms with Gasteiger partial charge >= 0.3 is 12.1 Å². The third-order valence-corrected chi connectivity index (χ3v) is 6.43. The maximum atomic E-state index is 14.7. The van der Waals surface area contributed by atoms with Gasteiger partial charge in [0.05, 0.1) is 12.5 Å². The molecule has 2 atom stereocenters. The molecule has 0 saturated carbocycles. The van der Waals surface area contributed by atoms with Gasteiger partial charge in [-0.2, -0.15) is 22.0 Å². The summed E-state index contributed by atoms with van der Waals surface area (Å²) in [6, 6.07) is 6.94. The Balaban J connectivity index is 2.20. The van der Waals surface area contributed by atoms with Gasteiger partial charge in [0.2, 0.25) is 11.7 Å². The van der Waals surface area contributed by atoms with Crippen LogP contribution in [0.15, 0.2) is 42.5 Å². The molecule has 2 rings (SSSR count). The number of carbonyl (C=O) groups is 4. The van der Waals surface area contributed by atoms with Gasteiger partial charge in [-0.25, -0.2) is 0 Å². The van der Waals surface area contributed by atoms with E-state index >= 15 is 0 Å². The highest BCUT2D eigenvalue weighted by Crippen LogP contribution is 2.25. The quantitative estimate of drug-likeness (QED) is 0.189. The SMILES string of the molecule is CC(C)C(NC(=O)C(Cc1ccc(Cl)cc1)NC(=O)COc1cc(Cl)cc(Cl)c1)C(=O)C(F)(F)C(=O)NCCC(F)(F)F. The Morgan fingerprint density at radius 3 is 1.98 bits per heavy atom. The summed E-state index contributed by atoms with van der Waals surface area (Å²) in [5, 5.41) is 6.78. The van der Waals surface area contributed by atoms with Crippen molar-refractivity contribution in [1.29, 1.82) is 0 Å². The van der Waals surface area contributed by atoms with Crippen LogP contribution in [-0.4, -0.2) is 60.8 Å². The smallest absolute Gasteiger partial charge is 0.390 e. The van der Waals surface area contributed by atoms with E-state index in [2.05, 4.69) is 10.6 Å². The van der Waals surface area contributed by atoms with E-state index in [9.17, 15) is 41.1 Å². The number of halogens is 8. The monoisotopic (exact) mass is 673 g/mol. The fraction of sp³-hybridized carbons (Fsp3) is 0.407. The summed E-state index contributed by atoms with van der Waals surface area (Å²) in [5.41, 5.74) is 0.495. The molecule has 2 unspecified atom stereocenters. The first kappa shape index (κ1) is 36.0. The molecule has 8 nitrogen and oxygen atoms in total. The van der Waals surface area contributed by atoms with Crippen LogP contribution in [0.1, 0.15) is 25.8 Å². The van der Waals surface area contributed by atoms with Gasteiger partial charge in [-0.3, -0.25) is 19.2 Å². The van der Waals surface area contributed by atoms with Crippen LogP contribution in [0, 0.1) is 5.92 Å². The van der Waals surface area contributed by atoms with Crippen LogP contribution in [-0.2, 0) is 25.6 Å². The lowest BCUT2D eigenvalue weighted by Gasteiger charge is -2.27. The molecule has 0 heterocycles. The number of alkyl halides is 5. The van der Waals surface area contributed by atoms with E-state index in [1.165, 1.54) is 49.5 Å². The molecule has 3 N–H and O–H groups in total. The van der Waals surface area contributed by atoms with Crippen molar-refractivity contribution in [3.05, 3.63) is 63.1 Å². The first-order valence-corrected chi connectivity index (χ1v) is 13.7.